The molecule has 3 rings (SSSR count). The van der Waals surface area contributed by atoms with Gasteiger partial charge < -0.3 is 20.3 Å². The first-order valence-corrected chi connectivity index (χ1v) is 11.1. The summed E-state index contributed by atoms with van der Waals surface area (Å²) in [7, 11) is 4.32. The van der Waals surface area contributed by atoms with Crippen LogP contribution in [-0.2, 0) is 16.0 Å². The minimum atomic E-state index is -0.950. The van der Waals surface area contributed by atoms with Crippen LogP contribution in [0.1, 0.15) is 15.9 Å². The maximum absolute atomic E-state index is 12.6. The number of carbonyl (C=O) groups excluding carboxylic acids is 2. The van der Waals surface area contributed by atoms with Crippen LogP contribution in [0.25, 0.3) is 11.1 Å². The Morgan fingerprint density at radius 2 is 1.86 bits per heavy atom. The van der Waals surface area contributed by atoms with Crippen molar-refractivity contribution in [2.75, 3.05) is 7.11 Å². The van der Waals surface area contributed by atoms with E-state index in [2.05, 4.69) is 5.32 Å². The van der Waals surface area contributed by atoms with E-state index in [0.717, 1.165) is 15.0 Å². The molecule has 29 heavy (non-hydrogen) atoms. The van der Waals surface area contributed by atoms with Gasteiger partial charge in [-0.05, 0) is 35.4 Å². The molecule has 0 fully saturated rings. The van der Waals surface area contributed by atoms with Crippen molar-refractivity contribution in [3.63, 3.8) is 0 Å². The van der Waals surface area contributed by atoms with Crippen LogP contribution in [-0.4, -0.2) is 35.2 Å². The van der Waals surface area contributed by atoms with Gasteiger partial charge in [-0.15, -0.1) is 0 Å². The van der Waals surface area contributed by atoms with Gasteiger partial charge in [0, 0.05) is 22.9 Å². The second-order valence-corrected chi connectivity index (χ2v) is 8.90. The quantitative estimate of drug-likeness (QED) is 0.228. The van der Waals surface area contributed by atoms with Crippen molar-refractivity contribution >= 4 is 44.8 Å². The number of carbonyl (C=O) groups is 2. The number of benzene rings is 2. The van der Waals surface area contributed by atoms with Gasteiger partial charge in [-0.2, -0.15) is 0 Å². The third kappa shape index (κ3) is 5.00. The van der Waals surface area contributed by atoms with E-state index in [1.165, 1.54) is 29.6 Å². The molecular formula is C20H17NO5S3. The zero-order chi connectivity index (χ0) is 21.0. The van der Waals surface area contributed by atoms with E-state index >= 15 is 0 Å². The summed E-state index contributed by atoms with van der Waals surface area (Å²) < 4.78 is 5.58. The lowest BCUT2D eigenvalue weighted by molar-refractivity contribution is -0.142. The monoisotopic (exact) mass is 447 g/mol. The highest BCUT2D eigenvalue weighted by Gasteiger charge is 2.23. The van der Waals surface area contributed by atoms with Crippen LogP contribution in [0.5, 0.6) is 11.5 Å². The highest BCUT2D eigenvalue weighted by molar-refractivity contribution is 7.79. The van der Waals surface area contributed by atoms with E-state index in [-0.39, 0.29) is 17.9 Å². The number of rotatable bonds is 6. The van der Waals surface area contributed by atoms with Gasteiger partial charge in [0.2, 0.25) is 0 Å². The summed E-state index contributed by atoms with van der Waals surface area (Å²) in [4.78, 5) is 24.8. The molecule has 6 nitrogen and oxygen atoms in total. The van der Waals surface area contributed by atoms with Crippen molar-refractivity contribution in [1.29, 1.82) is 0 Å². The van der Waals surface area contributed by atoms with Crippen molar-refractivity contribution in [3.05, 3.63) is 62.8 Å². The van der Waals surface area contributed by atoms with E-state index in [4.69, 9.17) is 17.0 Å². The highest BCUT2D eigenvalue weighted by atomic mass is 32.9. The van der Waals surface area contributed by atoms with Crippen molar-refractivity contribution in [2.24, 2.45) is 0 Å². The fraction of sp³-hybridized carbons (Fsp3) is 0.150. The first kappa shape index (κ1) is 21.0. The molecule has 150 valence electrons. The number of nitrogens with one attached hydrogen (secondary N) is 1. The fourth-order valence-corrected chi connectivity index (χ4v) is 5.10. The third-order valence-electron chi connectivity index (χ3n) is 4.24. The van der Waals surface area contributed by atoms with E-state index in [1.54, 1.807) is 28.5 Å². The van der Waals surface area contributed by atoms with Crippen molar-refractivity contribution in [2.45, 2.75) is 12.5 Å². The van der Waals surface area contributed by atoms with Crippen LogP contribution in [0.4, 0.5) is 0 Å². The van der Waals surface area contributed by atoms with Crippen molar-refractivity contribution < 1.29 is 24.5 Å². The largest absolute Gasteiger partial charge is 0.504 e. The summed E-state index contributed by atoms with van der Waals surface area (Å²) in [6.45, 7) is 0. The van der Waals surface area contributed by atoms with Crippen molar-refractivity contribution in [3.8, 4) is 22.6 Å². The number of phenolic OH excluding ortho intramolecular Hbond substituents is 2. The third-order valence-corrected chi connectivity index (χ3v) is 6.90. The Kier molecular flexibility index (Phi) is 6.63. The molecule has 0 radical (unpaired) electrons. The number of ether oxygens (including phenoxy) is 1. The maximum Gasteiger partial charge on any atom is 0.328 e. The fourth-order valence-electron chi connectivity index (χ4n) is 2.70. The average molecular weight is 448 g/mol. The number of hydrogen-bond acceptors (Lipinski definition) is 8. The van der Waals surface area contributed by atoms with Gasteiger partial charge in [-0.25, -0.2) is 4.79 Å². The molecule has 0 unspecified atom stereocenters. The second kappa shape index (κ2) is 9.17. The molecule has 3 aromatic rings. The Morgan fingerprint density at radius 1 is 1.14 bits per heavy atom. The predicted octanol–water partition coefficient (Wildman–Crippen LogP) is 4.13. The number of amides is 1. The Labute approximate surface area is 179 Å². The molecule has 9 heteroatoms. The first-order valence-electron chi connectivity index (χ1n) is 8.47. The van der Waals surface area contributed by atoms with Crippen LogP contribution in [0, 0.1) is 3.82 Å². The molecule has 1 aromatic heterocycles. The topological polar surface area (TPSA) is 95.9 Å². The van der Waals surface area contributed by atoms with Crippen molar-refractivity contribution in [1.82, 2.24) is 5.32 Å². The molecule has 2 aromatic carbocycles. The minimum absolute atomic E-state index is 0.0972. The van der Waals surface area contributed by atoms with Crippen LogP contribution in [0.2, 0.25) is 0 Å². The second-order valence-electron chi connectivity index (χ2n) is 6.15. The van der Waals surface area contributed by atoms with Gasteiger partial charge in [0.25, 0.3) is 5.91 Å². The lowest BCUT2D eigenvalue weighted by Gasteiger charge is -2.17. The highest BCUT2D eigenvalue weighted by Crippen LogP contribution is 2.28. The predicted molar refractivity (Wildman–Crippen MR) is 115 cm³/mol. The molecule has 1 heterocycles. The van der Waals surface area contributed by atoms with Crippen LogP contribution >= 0.6 is 32.9 Å². The summed E-state index contributed by atoms with van der Waals surface area (Å²) in [5.41, 5.74) is 2.83. The summed E-state index contributed by atoms with van der Waals surface area (Å²) in [6, 6.07) is 10.2. The Hall–Kier alpha value is -2.75. The zero-order valence-corrected chi connectivity index (χ0v) is 17.7. The van der Waals surface area contributed by atoms with Crippen LogP contribution in [0.15, 0.2) is 47.8 Å². The zero-order valence-electron chi connectivity index (χ0n) is 15.2. The molecule has 0 aliphatic heterocycles. The first-order chi connectivity index (χ1) is 13.9. The molecule has 0 saturated heterocycles. The number of aromatic hydroxyl groups is 2. The number of hydrogen-bond donors (Lipinski definition) is 3. The van der Waals surface area contributed by atoms with Gasteiger partial charge in [0.15, 0.2) is 11.5 Å². The van der Waals surface area contributed by atoms with Gasteiger partial charge in [-0.3, -0.25) is 4.79 Å². The average Bonchev–Trinajstić information content (AvgIpc) is 3.15. The normalized spacial score (nSPS) is 11.6. The molecule has 0 aliphatic carbocycles. The van der Waals surface area contributed by atoms with Gasteiger partial charge in [0.1, 0.15) is 9.87 Å². The summed E-state index contributed by atoms with van der Waals surface area (Å²) >= 11 is 5.29. The van der Waals surface area contributed by atoms with E-state index < -0.39 is 17.9 Å². The number of phenols is 2. The SMILES string of the molecule is COC(=O)[C@H](Cc1ccc(O)c(O)c1)NC(=O)c1ccc(-c2cssc2=S)cc1. The summed E-state index contributed by atoms with van der Waals surface area (Å²) in [5.74, 6) is -1.61. The van der Waals surface area contributed by atoms with Gasteiger partial charge in [0.05, 0.1) is 7.11 Å². The Bertz CT molecular complexity index is 1090. The van der Waals surface area contributed by atoms with E-state index in [9.17, 15) is 19.8 Å². The lowest BCUT2D eigenvalue weighted by atomic mass is 10.0. The Morgan fingerprint density at radius 3 is 2.45 bits per heavy atom. The molecule has 0 bridgehead atoms. The van der Waals surface area contributed by atoms with Gasteiger partial charge in [-0.1, -0.05) is 51.1 Å². The molecule has 1 atom stereocenters. The molecule has 3 N–H and O–H groups in total. The smallest absolute Gasteiger partial charge is 0.328 e. The summed E-state index contributed by atoms with van der Waals surface area (Å²) in [6.07, 6.45) is 0.0972. The number of methoxy groups -OCH3 is 1. The summed E-state index contributed by atoms with van der Waals surface area (Å²) in [5, 5.41) is 23.7. The number of esters is 1. The standard InChI is InChI=1S/C20H17NO5S3/c1-26-19(25)15(8-11-2-7-16(22)17(23)9-11)21-18(24)13-5-3-12(4-6-13)14-10-28-29-20(14)27/h2-7,9-10,15,22-23H,8H2,1H3,(H,21,24)/t15-/m0/s1. The molecule has 1 amide bonds. The maximum atomic E-state index is 12.6. The Balaban J connectivity index is 1.75. The van der Waals surface area contributed by atoms with E-state index in [1.807, 2.05) is 17.5 Å². The minimum Gasteiger partial charge on any atom is -0.504 e. The molecule has 0 spiro atoms. The van der Waals surface area contributed by atoms with Crippen LogP contribution < -0.4 is 5.32 Å². The van der Waals surface area contributed by atoms with Gasteiger partial charge >= 0.3 is 5.97 Å². The molecule has 0 aliphatic rings. The van der Waals surface area contributed by atoms with E-state index in [0.29, 0.717) is 11.1 Å². The molecular weight excluding hydrogens is 430 g/mol. The lowest BCUT2D eigenvalue weighted by Crippen LogP contribution is -2.43. The van der Waals surface area contributed by atoms with Crippen LogP contribution in [0.3, 0.4) is 0 Å². The molecule has 0 saturated carbocycles.